The number of fused-ring (bicyclic) bond motifs is 3. The smallest absolute Gasteiger partial charge is 0.310 e. The van der Waals surface area contributed by atoms with Crippen LogP contribution in [0.4, 0.5) is 5.69 Å². The molecule has 6 atom stereocenters. The molecule has 2 saturated carbocycles. The summed E-state index contributed by atoms with van der Waals surface area (Å²) >= 11 is 6.24. The van der Waals surface area contributed by atoms with Crippen LogP contribution in [0.2, 0.25) is 5.02 Å². The Morgan fingerprint density at radius 3 is 2.72 bits per heavy atom. The molecular formula is C26H35ClN2O3. The van der Waals surface area contributed by atoms with Crippen LogP contribution in [-0.2, 0) is 14.3 Å². The Morgan fingerprint density at radius 2 is 1.97 bits per heavy atom. The van der Waals surface area contributed by atoms with E-state index in [1.54, 1.807) is 0 Å². The SMILES string of the molecule is Cc1ccc(Cl)cc1N1CCN(C[C@H]2C(=O)O[C@@H]3C[C@@]4(C)CCC[C@]5(CO5)[C@@H]4C[C@@H]32)CC1. The second kappa shape index (κ2) is 7.61. The predicted molar refractivity (Wildman–Crippen MR) is 125 cm³/mol. The third kappa shape index (κ3) is 3.47. The number of esters is 1. The van der Waals surface area contributed by atoms with Gasteiger partial charge in [0.05, 0.1) is 18.1 Å². The van der Waals surface area contributed by atoms with Gasteiger partial charge in [0, 0.05) is 49.4 Å². The van der Waals surface area contributed by atoms with Crippen molar-refractivity contribution in [1.82, 2.24) is 4.90 Å². The zero-order valence-electron chi connectivity index (χ0n) is 19.3. The van der Waals surface area contributed by atoms with E-state index in [0.29, 0.717) is 11.8 Å². The molecule has 0 amide bonds. The van der Waals surface area contributed by atoms with Gasteiger partial charge in [0.2, 0.25) is 0 Å². The largest absolute Gasteiger partial charge is 0.462 e. The first-order chi connectivity index (χ1) is 15.4. The van der Waals surface area contributed by atoms with E-state index in [9.17, 15) is 4.79 Å². The van der Waals surface area contributed by atoms with Gasteiger partial charge in [-0.15, -0.1) is 0 Å². The van der Waals surface area contributed by atoms with E-state index in [1.807, 2.05) is 6.07 Å². The molecule has 0 bridgehead atoms. The van der Waals surface area contributed by atoms with Gasteiger partial charge >= 0.3 is 5.97 Å². The third-order valence-electron chi connectivity index (χ3n) is 9.42. The van der Waals surface area contributed by atoms with E-state index in [0.717, 1.165) is 57.2 Å². The van der Waals surface area contributed by atoms with Crippen molar-refractivity contribution in [1.29, 1.82) is 0 Å². The van der Waals surface area contributed by atoms with Crippen molar-refractivity contribution in [3.63, 3.8) is 0 Å². The lowest BCUT2D eigenvalue weighted by Crippen LogP contribution is -2.52. The highest BCUT2D eigenvalue weighted by Crippen LogP contribution is 2.62. The van der Waals surface area contributed by atoms with E-state index in [4.69, 9.17) is 21.1 Å². The fourth-order valence-electron chi connectivity index (χ4n) is 7.54. The summed E-state index contributed by atoms with van der Waals surface area (Å²) < 4.78 is 12.1. The maximum Gasteiger partial charge on any atom is 0.310 e. The number of benzene rings is 1. The average molecular weight is 459 g/mol. The molecule has 32 heavy (non-hydrogen) atoms. The number of hydrogen-bond donors (Lipinski definition) is 0. The fraction of sp³-hybridized carbons (Fsp3) is 0.731. The number of hydrogen-bond acceptors (Lipinski definition) is 5. The number of ether oxygens (including phenoxy) is 2. The number of halogens is 1. The van der Waals surface area contributed by atoms with Gasteiger partial charge in [-0.2, -0.15) is 0 Å². The average Bonchev–Trinajstić information content (AvgIpc) is 3.47. The van der Waals surface area contributed by atoms with Crippen molar-refractivity contribution in [3.8, 4) is 0 Å². The van der Waals surface area contributed by atoms with Crippen molar-refractivity contribution in [2.75, 3.05) is 44.2 Å². The molecule has 0 aromatic heterocycles. The molecule has 3 heterocycles. The molecular weight excluding hydrogens is 424 g/mol. The second-order valence-corrected chi connectivity index (χ2v) is 11.8. The van der Waals surface area contributed by atoms with E-state index < -0.39 is 0 Å². The van der Waals surface area contributed by atoms with Crippen molar-refractivity contribution in [3.05, 3.63) is 28.8 Å². The number of piperazine rings is 1. The maximum absolute atomic E-state index is 13.0. The molecule has 3 saturated heterocycles. The minimum absolute atomic E-state index is 0.0155. The summed E-state index contributed by atoms with van der Waals surface area (Å²) in [4.78, 5) is 17.9. The Labute approximate surface area is 196 Å². The van der Waals surface area contributed by atoms with Crippen LogP contribution in [0.25, 0.3) is 0 Å². The van der Waals surface area contributed by atoms with Gasteiger partial charge < -0.3 is 14.4 Å². The van der Waals surface area contributed by atoms with Crippen molar-refractivity contribution in [2.45, 2.75) is 57.7 Å². The number of carbonyl (C=O) groups is 1. The number of anilines is 1. The Balaban J connectivity index is 1.12. The monoisotopic (exact) mass is 458 g/mol. The Morgan fingerprint density at radius 1 is 1.19 bits per heavy atom. The van der Waals surface area contributed by atoms with Gasteiger partial charge in [0.1, 0.15) is 6.10 Å². The quantitative estimate of drug-likeness (QED) is 0.499. The lowest BCUT2D eigenvalue weighted by Gasteiger charge is -2.51. The first-order valence-electron chi connectivity index (χ1n) is 12.4. The molecule has 1 aromatic rings. The van der Waals surface area contributed by atoms with Gasteiger partial charge in [-0.3, -0.25) is 9.69 Å². The van der Waals surface area contributed by atoms with Crippen LogP contribution in [0.1, 0.15) is 44.6 Å². The topological polar surface area (TPSA) is 45.3 Å². The minimum atomic E-state index is 0.0155. The number of carbonyl (C=O) groups excluding carboxylic acids is 1. The molecule has 0 N–H and O–H groups in total. The van der Waals surface area contributed by atoms with Gasteiger partial charge in [-0.25, -0.2) is 0 Å². The van der Waals surface area contributed by atoms with Crippen LogP contribution in [0.15, 0.2) is 18.2 Å². The third-order valence-corrected chi connectivity index (χ3v) is 9.65. The number of rotatable bonds is 3. The van der Waals surface area contributed by atoms with E-state index in [-0.39, 0.29) is 29.0 Å². The van der Waals surface area contributed by atoms with E-state index >= 15 is 0 Å². The highest BCUT2D eigenvalue weighted by Gasteiger charge is 2.65. The molecule has 1 aromatic carbocycles. The summed E-state index contributed by atoms with van der Waals surface area (Å²) in [6.45, 7) is 10.2. The van der Waals surface area contributed by atoms with Crippen molar-refractivity contribution < 1.29 is 14.3 Å². The van der Waals surface area contributed by atoms with Crippen LogP contribution in [-0.4, -0.2) is 61.9 Å². The first-order valence-corrected chi connectivity index (χ1v) is 12.8. The fourth-order valence-corrected chi connectivity index (χ4v) is 7.70. The van der Waals surface area contributed by atoms with E-state index in [2.05, 4.69) is 35.8 Å². The second-order valence-electron chi connectivity index (χ2n) is 11.3. The van der Waals surface area contributed by atoms with Gasteiger partial charge in [-0.05, 0) is 68.1 Å². The molecule has 6 heteroatoms. The summed E-state index contributed by atoms with van der Waals surface area (Å²) in [7, 11) is 0. The zero-order valence-corrected chi connectivity index (χ0v) is 20.1. The summed E-state index contributed by atoms with van der Waals surface area (Å²) in [5.74, 6) is 1.00. The number of nitrogens with zero attached hydrogens (tertiary/aromatic N) is 2. The van der Waals surface area contributed by atoms with Crippen LogP contribution < -0.4 is 4.90 Å². The molecule has 5 aliphatic rings. The number of epoxide rings is 1. The molecule has 0 unspecified atom stereocenters. The first kappa shape index (κ1) is 21.2. The van der Waals surface area contributed by atoms with Crippen LogP contribution in [0.3, 0.4) is 0 Å². The lowest BCUT2D eigenvalue weighted by atomic mass is 9.53. The molecule has 1 spiro atoms. The van der Waals surface area contributed by atoms with Crippen LogP contribution >= 0.6 is 11.6 Å². The summed E-state index contributed by atoms with van der Waals surface area (Å²) in [5.41, 5.74) is 2.88. The summed E-state index contributed by atoms with van der Waals surface area (Å²) in [6, 6.07) is 6.12. The molecule has 174 valence electrons. The molecule has 5 fully saturated rings. The Bertz CT molecular complexity index is 910. The van der Waals surface area contributed by atoms with Crippen LogP contribution in [0, 0.1) is 30.1 Å². The van der Waals surface area contributed by atoms with Crippen LogP contribution in [0.5, 0.6) is 0 Å². The van der Waals surface area contributed by atoms with Gasteiger partial charge in [0.25, 0.3) is 0 Å². The van der Waals surface area contributed by atoms with Gasteiger partial charge in [-0.1, -0.05) is 24.6 Å². The van der Waals surface area contributed by atoms with E-state index in [1.165, 1.54) is 30.5 Å². The highest BCUT2D eigenvalue weighted by atomic mass is 35.5. The maximum atomic E-state index is 13.0. The highest BCUT2D eigenvalue weighted by molar-refractivity contribution is 6.30. The predicted octanol–water partition coefficient (Wildman–Crippen LogP) is 4.30. The summed E-state index contributed by atoms with van der Waals surface area (Å²) in [5, 5.41) is 0.789. The Kier molecular flexibility index (Phi) is 5.05. The van der Waals surface area contributed by atoms with Gasteiger partial charge in [0.15, 0.2) is 0 Å². The number of aryl methyl sites for hydroxylation is 1. The molecule has 2 aliphatic carbocycles. The lowest BCUT2D eigenvalue weighted by molar-refractivity contribution is -0.147. The Hall–Kier alpha value is -1.30. The van der Waals surface area contributed by atoms with Crippen molar-refractivity contribution >= 4 is 23.3 Å². The molecule has 0 radical (unpaired) electrons. The zero-order chi connectivity index (χ0) is 22.1. The molecule has 5 nitrogen and oxygen atoms in total. The molecule has 3 aliphatic heterocycles. The molecule has 6 rings (SSSR count). The van der Waals surface area contributed by atoms with Crippen molar-refractivity contribution in [2.24, 2.45) is 23.2 Å². The normalized spacial score (nSPS) is 41.3. The standard InChI is InChI=1S/C26H35ClN2O3/c1-17-4-5-18(27)12-21(17)29-10-8-28(9-11-29)15-20-19-13-23-25(2,14-22(19)32-24(20)30)6-3-7-26(23)16-31-26/h4-5,12,19-20,22-23H,3,6-11,13-16H2,1-2H3/t19-,20-,22-,23-,25-,26+/m1/s1. The summed E-state index contributed by atoms with van der Waals surface area (Å²) in [6.07, 6.45) is 5.93. The minimum Gasteiger partial charge on any atom is -0.462 e.